The molecule has 0 saturated carbocycles. The summed E-state index contributed by atoms with van der Waals surface area (Å²) in [6, 6.07) is 5.09. The molecule has 156 valence electrons. The lowest BCUT2D eigenvalue weighted by molar-refractivity contribution is -0.137. The molecule has 0 aliphatic carbocycles. The summed E-state index contributed by atoms with van der Waals surface area (Å²) in [5.41, 5.74) is -0.296. The van der Waals surface area contributed by atoms with Crippen LogP contribution >= 0.6 is 0 Å². The fraction of sp³-hybridized carbons (Fsp3) is 0.619. The summed E-state index contributed by atoms with van der Waals surface area (Å²) < 4.78 is 39.4. The highest BCUT2D eigenvalue weighted by atomic mass is 19.4. The summed E-state index contributed by atoms with van der Waals surface area (Å²) in [6.45, 7) is 8.65. The SMILES string of the molecule is CC(C)CCNC(=O)C1CN(C(=O)C(C)C)CC1c1cccc(C(F)(F)F)c1. The fourth-order valence-corrected chi connectivity index (χ4v) is 3.51. The topological polar surface area (TPSA) is 49.4 Å². The van der Waals surface area contributed by atoms with E-state index in [0.717, 1.165) is 18.6 Å². The van der Waals surface area contributed by atoms with E-state index >= 15 is 0 Å². The number of hydrogen-bond donors (Lipinski definition) is 1. The van der Waals surface area contributed by atoms with E-state index in [-0.39, 0.29) is 30.8 Å². The van der Waals surface area contributed by atoms with Crippen LogP contribution in [-0.4, -0.2) is 36.3 Å². The first kappa shape index (κ1) is 22.2. The molecule has 2 amide bonds. The zero-order valence-corrected chi connectivity index (χ0v) is 16.8. The van der Waals surface area contributed by atoms with Crippen LogP contribution in [0.5, 0.6) is 0 Å². The van der Waals surface area contributed by atoms with Gasteiger partial charge in [-0.05, 0) is 24.0 Å². The Labute approximate surface area is 164 Å². The third-order valence-corrected chi connectivity index (χ3v) is 5.13. The number of nitrogens with one attached hydrogen (secondary N) is 1. The first-order chi connectivity index (χ1) is 13.0. The molecule has 1 aliphatic heterocycles. The van der Waals surface area contributed by atoms with Crippen LogP contribution in [0.4, 0.5) is 13.2 Å². The summed E-state index contributed by atoms with van der Waals surface area (Å²) in [6.07, 6.45) is -3.63. The number of rotatable bonds is 6. The van der Waals surface area contributed by atoms with Crippen molar-refractivity contribution in [3.05, 3.63) is 35.4 Å². The zero-order chi connectivity index (χ0) is 21.1. The minimum Gasteiger partial charge on any atom is -0.356 e. The summed E-state index contributed by atoms with van der Waals surface area (Å²) in [7, 11) is 0. The Balaban J connectivity index is 2.26. The Kier molecular flexibility index (Phi) is 7.12. The van der Waals surface area contributed by atoms with Crippen molar-refractivity contribution in [2.24, 2.45) is 17.8 Å². The Morgan fingerprint density at radius 1 is 1.18 bits per heavy atom. The molecule has 0 bridgehead atoms. The highest BCUT2D eigenvalue weighted by Gasteiger charge is 2.41. The summed E-state index contributed by atoms with van der Waals surface area (Å²) >= 11 is 0. The van der Waals surface area contributed by atoms with Crippen LogP contribution in [-0.2, 0) is 15.8 Å². The van der Waals surface area contributed by atoms with E-state index in [1.807, 2.05) is 0 Å². The molecule has 0 radical (unpaired) electrons. The van der Waals surface area contributed by atoms with E-state index in [0.29, 0.717) is 18.0 Å². The van der Waals surface area contributed by atoms with Gasteiger partial charge in [0, 0.05) is 31.5 Å². The second-order valence-corrected chi connectivity index (χ2v) is 8.21. The predicted molar refractivity (Wildman–Crippen MR) is 102 cm³/mol. The maximum Gasteiger partial charge on any atom is 0.416 e. The smallest absolute Gasteiger partial charge is 0.356 e. The van der Waals surface area contributed by atoms with Gasteiger partial charge in [0.25, 0.3) is 0 Å². The average Bonchev–Trinajstić information content (AvgIpc) is 3.05. The average molecular weight is 398 g/mol. The van der Waals surface area contributed by atoms with Crippen LogP contribution < -0.4 is 5.32 Å². The maximum absolute atomic E-state index is 13.1. The quantitative estimate of drug-likeness (QED) is 0.786. The number of likely N-dealkylation sites (tertiary alicyclic amines) is 1. The van der Waals surface area contributed by atoms with E-state index < -0.39 is 23.6 Å². The second-order valence-electron chi connectivity index (χ2n) is 8.21. The fourth-order valence-electron chi connectivity index (χ4n) is 3.51. The summed E-state index contributed by atoms with van der Waals surface area (Å²) in [4.78, 5) is 26.8. The molecule has 7 heteroatoms. The van der Waals surface area contributed by atoms with Gasteiger partial charge in [0.15, 0.2) is 0 Å². The Morgan fingerprint density at radius 2 is 1.86 bits per heavy atom. The summed E-state index contributed by atoms with van der Waals surface area (Å²) in [5.74, 6) is -1.11. The highest BCUT2D eigenvalue weighted by molar-refractivity contribution is 5.84. The molecule has 1 aromatic carbocycles. The molecular weight excluding hydrogens is 369 g/mol. The molecule has 0 aromatic heterocycles. The van der Waals surface area contributed by atoms with Crippen molar-refractivity contribution in [2.75, 3.05) is 19.6 Å². The molecule has 2 atom stereocenters. The van der Waals surface area contributed by atoms with E-state index in [9.17, 15) is 22.8 Å². The predicted octanol–water partition coefficient (Wildman–Crippen LogP) is 4.07. The van der Waals surface area contributed by atoms with Gasteiger partial charge in [-0.25, -0.2) is 0 Å². The van der Waals surface area contributed by atoms with Gasteiger partial charge < -0.3 is 10.2 Å². The Morgan fingerprint density at radius 3 is 2.43 bits per heavy atom. The van der Waals surface area contributed by atoms with Crippen LogP contribution in [0.25, 0.3) is 0 Å². The first-order valence-corrected chi connectivity index (χ1v) is 9.74. The van der Waals surface area contributed by atoms with Crippen molar-refractivity contribution in [1.29, 1.82) is 0 Å². The molecule has 2 rings (SSSR count). The monoisotopic (exact) mass is 398 g/mol. The highest BCUT2D eigenvalue weighted by Crippen LogP contribution is 2.37. The number of carbonyl (C=O) groups is 2. The van der Waals surface area contributed by atoms with Gasteiger partial charge >= 0.3 is 6.18 Å². The normalized spacial score (nSPS) is 20.1. The van der Waals surface area contributed by atoms with Crippen LogP contribution in [0, 0.1) is 17.8 Å². The lowest BCUT2D eigenvalue weighted by Gasteiger charge is -2.19. The minimum absolute atomic E-state index is 0.0885. The molecule has 1 aromatic rings. The van der Waals surface area contributed by atoms with Crippen molar-refractivity contribution < 1.29 is 22.8 Å². The van der Waals surface area contributed by atoms with Crippen LogP contribution in [0.2, 0.25) is 0 Å². The van der Waals surface area contributed by atoms with Gasteiger partial charge in [0.2, 0.25) is 11.8 Å². The summed E-state index contributed by atoms with van der Waals surface area (Å²) in [5, 5.41) is 2.89. The third kappa shape index (κ3) is 5.49. The van der Waals surface area contributed by atoms with Gasteiger partial charge in [-0.15, -0.1) is 0 Å². The number of halogens is 3. The van der Waals surface area contributed by atoms with Crippen molar-refractivity contribution in [2.45, 2.75) is 46.2 Å². The molecule has 1 saturated heterocycles. The Hall–Kier alpha value is -2.05. The van der Waals surface area contributed by atoms with Gasteiger partial charge in [0.1, 0.15) is 0 Å². The van der Waals surface area contributed by atoms with Crippen molar-refractivity contribution in [1.82, 2.24) is 10.2 Å². The minimum atomic E-state index is -4.45. The number of amides is 2. The molecule has 1 heterocycles. The number of benzene rings is 1. The van der Waals surface area contributed by atoms with Gasteiger partial charge in [-0.1, -0.05) is 45.9 Å². The van der Waals surface area contributed by atoms with Crippen molar-refractivity contribution in [3.63, 3.8) is 0 Å². The van der Waals surface area contributed by atoms with E-state index in [4.69, 9.17) is 0 Å². The molecule has 1 aliphatic rings. The number of hydrogen-bond acceptors (Lipinski definition) is 2. The second kappa shape index (κ2) is 8.97. The largest absolute Gasteiger partial charge is 0.416 e. The number of nitrogens with zero attached hydrogens (tertiary/aromatic N) is 1. The van der Waals surface area contributed by atoms with Crippen LogP contribution in [0.3, 0.4) is 0 Å². The van der Waals surface area contributed by atoms with Crippen LogP contribution in [0.1, 0.15) is 51.2 Å². The van der Waals surface area contributed by atoms with Gasteiger partial charge in [-0.3, -0.25) is 9.59 Å². The molecule has 28 heavy (non-hydrogen) atoms. The van der Waals surface area contributed by atoms with E-state index in [2.05, 4.69) is 19.2 Å². The van der Waals surface area contributed by atoms with Gasteiger partial charge in [0.05, 0.1) is 11.5 Å². The Bertz CT molecular complexity index is 701. The third-order valence-electron chi connectivity index (χ3n) is 5.13. The lowest BCUT2D eigenvalue weighted by Crippen LogP contribution is -2.37. The number of alkyl halides is 3. The molecular formula is C21H29F3N2O2. The molecule has 1 N–H and O–H groups in total. The molecule has 1 fully saturated rings. The molecule has 2 unspecified atom stereocenters. The van der Waals surface area contributed by atoms with Crippen molar-refractivity contribution >= 4 is 11.8 Å². The number of carbonyl (C=O) groups excluding carboxylic acids is 2. The molecule has 0 spiro atoms. The van der Waals surface area contributed by atoms with Gasteiger partial charge in [-0.2, -0.15) is 13.2 Å². The van der Waals surface area contributed by atoms with E-state index in [1.54, 1.807) is 24.8 Å². The maximum atomic E-state index is 13.1. The van der Waals surface area contributed by atoms with Crippen LogP contribution in [0.15, 0.2) is 24.3 Å². The standard InChI is InChI=1S/C21H29F3N2O2/c1-13(2)8-9-25-19(27)18-12-26(20(28)14(3)4)11-17(18)15-6-5-7-16(10-15)21(22,23)24/h5-7,10,13-14,17-18H,8-9,11-12H2,1-4H3,(H,25,27). The van der Waals surface area contributed by atoms with E-state index in [1.165, 1.54) is 6.07 Å². The zero-order valence-electron chi connectivity index (χ0n) is 16.8. The first-order valence-electron chi connectivity index (χ1n) is 9.74. The lowest BCUT2D eigenvalue weighted by atomic mass is 9.87. The van der Waals surface area contributed by atoms with Crippen molar-refractivity contribution in [3.8, 4) is 0 Å². The molecule has 4 nitrogen and oxygen atoms in total.